The molecule has 3 rings (SSSR count). The minimum atomic E-state index is -0.116. The number of fused-ring (bicyclic) bond motifs is 1. The topological polar surface area (TPSA) is 71.1 Å². The first-order chi connectivity index (χ1) is 12.7. The molecule has 1 aliphatic heterocycles. The summed E-state index contributed by atoms with van der Waals surface area (Å²) in [5, 5.41) is 20.0. The van der Waals surface area contributed by atoms with Crippen LogP contribution in [0.25, 0.3) is 10.8 Å². The summed E-state index contributed by atoms with van der Waals surface area (Å²) in [6.07, 6.45) is 1.03. The van der Waals surface area contributed by atoms with Crippen LogP contribution in [0.5, 0.6) is 0 Å². The molecule has 1 saturated heterocycles. The van der Waals surface area contributed by atoms with Crippen LogP contribution in [0.4, 0.5) is 0 Å². The van der Waals surface area contributed by atoms with Crippen molar-refractivity contribution in [3.8, 4) is 12.1 Å². The molecule has 1 fully saturated rings. The Balaban J connectivity index is 1.62. The number of hydrogen-bond acceptors (Lipinski definition) is 4. The van der Waals surface area contributed by atoms with Crippen LogP contribution in [0, 0.1) is 28.6 Å². The third kappa shape index (κ3) is 4.02. The zero-order valence-corrected chi connectivity index (χ0v) is 14.8. The standard InChI is InChI=1S/C21H22N4O/c22-10-4-5-17(15-23)16-24-11-13-25(14-12-24)21(26)20-9-3-7-18-6-1-2-8-19(18)20/h1-3,6-9,17H,4-5,11-14,16H2/t17-/m0/s1. The molecule has 0 aromatic heterocycles. The maximum atomic E-state index is 13.0. The van der Waals surface area contributed by atoms with Crippen molar-refractivity contribution in [2.45, 2.75) is 12.8 Å². The van der Waals surface area contributed by atoms with Gasteiger partial charge in [-0.05, 0) is 23.3 Å². The Labute approximate surface area is 154 Å². The van der Waals surface area contributed by atoms with E-state index >= 15 is 0 Å². The summed E-state index contributed by atoms with van der Waals surface area (Å²) in [5.74, 6) is -0.0438. The lowest BCUT2D eigenvalue weighted by Gasteiger charge is -2.35. The second-order valence-electron chi connectivity index (χ2n) is 6.64. The molecular formula is C21H22N4O. The summed E-state index contributed by atoms with van der Waals surface area (Å²) in [4.78, 5) is 17.1. The predicted molar refractivity (Wildman–Crippen MR) is 100 cm³/mol. The smallest absolute Gasteiger partial charge is 0.254 e. The van der Waals surface area contributed by atoms with Crippen LogP contribution in [0.2, 0.25) is 0 Å². The number of piperazine rings is 1. The molecule has 132 valence electrons. The van der Waals surface area contributed by atoms with Crippen molar-refractivity contribution in [3.05, 3.63) is 48.0 Å². The summed E-state index contributed by atoms with van der Waals surface area (Å²) in [6.45, 7) is 3.54. The van der Waals surface area contributed by atoms with E-state index in [0.29, 0.717) is 32.5 Å². The maximum absolute atomic E-state index is 13.0. The first kappa shape index (κ1) is 17.9. The Bertz CT molecular complexity index is 851. The number of nitrogens with zero attached hydrogens (tertiary/aromatic N) is 4. The minimum Gasteiger partial charge on any atom is -0.336 e. The predicted octanol–water partition coefficient (Wildman–Crippen LogP) is 3.04. The molecule has 0 bridgehead atoms. The highest BCUT2D eigenvalue weighted by Gasteiger charge is 2.24. The third-order valence-corrected chi connectivity index (χ3v) is 4.95. The summed E-state index contributed by atoms with van der Waals surface area (Å²) in [7, 11) is 0. The Morgan fingerprint density at radius 2 is 1.77 bits per heavy atom. The second-order valence-corrected chi connectivity index (χ2v) is 6.64. The van der Waals surface area contributed by atoms with Crippen molar-refractivity contribution in [1.29, 1.82) is 10.5 Å². The summed E-state index contributed by atoms with van der Waals surface area (Å²) >= 11 is 0. The first-order valence-electron chi connectivity index (χ1n) is 8.99. The minimum absolute atomic E-state index is 0.0720. The number of rotatable bonds is 5. The van der Waals surface area contributed by atoms with Crippen LogP contribution in [-0.4, -0.2) is 48.4 Å². The molecular weight excluding hydrogens is 324 g/mol. The maximum Gasteiger partial charge on any atom is 0.254 e. The number of hydrogen-bond donors (Lipinski definition) is 0. The largest absolute Gasteiger partial charge is 0.336 e. The third-order valence-electron chi connectivity index (χ3n) is 4.95. The molecule has 1 amide bonds. The molecule has 5 nitrogen and oxygen atoms in total. The Morgan fingerprint density at radius 1 is 1.04 bits per heavy atom. The lowest BCUT2D eigenvalue weighted by molar-refractivity contribution is 0.0627. The molecule has 0 radical (unpaired) electrons. The average molecular weight is 346 g/mol. The van der Waals surface area contributed by atoms with Gasteiger partial charge in [-0.3, -0.25) is 9.69 Å². The van der Waals surface area contributed by atoms with Crippen molar-refractivity contribution >= 4 is 16.7 Å². The molecule has 26 heavy (non-hydrogen) atoms. The molecule has 0 N–H and O–H groups in total. The van der Waals surface area contributed by atoms with Gasteiger partial charge in [-0.25, -0.2) is 0 Å². The Morgan fingerprint density at radius 3 is 2.50 bits per heavy atom. The van der Waals surface area contributed by atoms with Crippen LogP contribution < -0.4 is 0 Å². The van der Waals surface area contributed by atoms with Crippen molar-refractivity contribution in [2.75, 3.05) is 32.7 Å². The van der Waals surface area contributed by atoms with E-state index in [1.54, 1.807) is 0 Å². The highest BCUT2D eigenvalue weighted by molar-refractivity contribution is 6.07. The van der Waals surface area contributed by atoms with Gasteiger partial charge in [0.15, 0.2) is 0 Å². The first-order valence-corrected chi connectivity index (χ1v) is 8.99. The van der Waals surface area contributed by atoms with Crippen molar-refractivity contribution in [2.24, 2.45) is 5.92 Å². The Kier molecular flexibility index (Phi) is 5.84. The lowest BCUT2D eigenvalue weighted by atomic mass is 10.0. The highest BCUT2D eigenvalue weighted by Crippen LogP contribution is 2.21. The monoisotopic (exact) mass is 346 g/mol. The molecule has 5 heteroatoms. The van der Waals surface area contributed by atoms with Gasteiger partial charge < -0.3 is 4.90 Å². The van der Waals surface area contributed by atoms with E-state index in [4.69, 9.17) is 5.26 Å². The Hall–Kier alpha value is -2.89. The van der Waals surface area contributed by atoms with Crippen LogP contribution in [0.3, 0.4) is 0 Å². The fourth-order valence-electron chi connectivity index (χ4n) is 3.46. The van der Waals surface area contributed by atoms with Crippen molar-refractivity contribution in [1.82, 2.24) is 9.80 Å². The summed E-state index contributed by atoms with van der Waals surface area (Å²) in [5.41, 5.74) is 0.750. The summed E-state index contributed by atoms with van der Waals surface area (Å²) in [6, 6.07) is 18.2. The van der Waals surface area contributed by atoms with Crippen LogP contribution >= 0.6 is 0 Å². The van der Waals surface area contributed by atoms with Crippen LogP contribution in [0.15, 0.2) is 42.5 Å². The SMILES string of the molecule is N#CCC[C@@H](C#N)CN1CCN(C(=O)c2cccc3ccccc23)CC1. The number of carbonyl (C=O) groups excluding carboxylic acids is 1. The van der Waals surface area contributed by atoms with E-state index < -0.39 is 0 Å². The van der Waals surface area contributed by atoms with Gasteiger partial charge >= 0.3 is 0 Å². The van der Waals surface area contributed by atoms with Gasteiger partial charge in [0.2, 0.25) is 0 Å². The normalized spacial score (nSPS) is 16.0. The fourth-order valence-corrected chi connectivity index (χ4v) is 3.46. The molecule has 0 aliphatic carbocycles. The number of amides is 1. The zero-order valence-electron chi connectivity index (χ0n) is 14.8. The van der Waals surface area contributed by atoms with E-state index in [0.717, 1.165) is 29.4 Å². The second kappa shape index (κ2) is 8.47. The van der Waals surface area contributed by atoms with Crippen LogP contribution in [-0.2, 0) is 0 Å². The quantitative estimate of drug-likeness (QED) is 0.834. The number of benzene rings is 2. The highest BCUT2D eigenvalue weighted by atomic mass is 16.2. The lowest BCUT2D eigenvalue weighted by Crippen LogP contribution is -2.49. The van der Waals surface area contributed by atoms with E-state index in [2.05, 4.69) is 17.0 Å². The van der Waals surface area contributed by atoms with Crippen molar-refractivity contribution in [3.63, 3.8) is 0 Å². The molecule has 1 atom stereocenters. The molecule has 0 saturated carbocycles. The molecule has 2 aromatic carbocycles. The zero-order chi connectivity index (χ0) is 18.4. The molecule has 0 unspecified atom stereocenters. The van der Waals surface area contributed by atoms with Gasteiger partial charge in [0, 0.05) is 44.7 Å². The fraction of sp³-hybridized carbons (Fsp3) is 0.381. The van der Waals surface area contributed by atoms with Crippen molar-refractivity contribution < 1.29 is 4.79 Å². The number of nitriles is 2. The van der Waals surface area contributed by atoms with Gasteiger partial charge in [-0.1, -0.05) is 36.4 Å². The summed E-state index contributed by atoms with van der Waals surface area (Å²) < 4.78 is 0. The van der Waals surface area contributed by atoms with Gasteiger partial charge in [-0.15, -0.1) is 0 Å². The molecule has 1 aliphatic rings. The van der Waals surface area contributed by atoms with E-state index in [1.807, 2.05) is 47.4 Å². The van der Waals surface area contributed by atoms with Gasteiger partial charge in [0.05, 0.1) is 18.1 Å². The van der Waals surface area contributed by atoms with Gasteiger partial charge in [0.1, 0.15) is 0 Å². The number of carbonyl (C=O) groups is 1. The van der Waals surface area contributed by atoms with E-state index in [-0.39, 0.29) is 11.8 Å². The molecule has 2 aromatic rings. The van der Waals surface area contributed by atoms with E-state index in [9.17, 15) is 10.1 Å². The van der Waals surface area contributed by atoms with Gasteiger partial charge in [-0.2, -0.15) is 10.5 Å². The molecule has 0 spiro atoms. The van der Waals surface area contributed by atoms with E-state index in [1.165, 1.54) is 0 Å². The van der Waals surface area contributed by atoms with Crippen LogP contribution in [0.1, 0.15) is 23.2 Å². The average Bonchev–Trinajstić information content (AvgIpc) is 2.70. The molecule has 1 heterocycles. The van der Waals surface area contributed by atoms with Gasteiger partial charge in [0.25, 0.3) is 5.91 Å².